The lowest BCUT2D eigenvalue weighted by atomic mass is 10.0. The fraction of sp³-hybridized carbons (Fsp3) is 0.684. The van der Waals surface area contributed by atoms with Crippen LogP contribution in [0.5, 0.6) is 0 Å². The minimum atomic E-state index is 0.147. The summed E-state index contributed by atoms with van der Waals surface area (Å²) in [6.45, 7) is 9.03. The Morgan fingerprint density at radius 2 is 1.86 bits per heavy atom. The summed E-state index contributed by atoms with van der Waals surface area (Å²) < 4.78 is 0. The molecule has 2 rings (SSSR count). The SMILES string of the molecule is CCCc1ccc(C(N)CN(CCC(C)C)C2CC2)cc1. The largest absolute Gasteiger partial charge is 0.323 e. The first-order valence-corrected chi connectivity index (χ1v) is 8.68. The van der Waals surface area contributed by atoms with E-state index in [1.165, 1.54) is 43.4 Å². The molecule has 1 fully saturated rings. The average Bonchev–Trinajstić information content (AvgIpc) is 3.28. The number of hydrogen-bond acceptors (Lipinski definition) is 2. The molecule has 0 radical (unpaired) electrons. The Bertz CT molecular complexity index is 406. The first kappa shape index (κ1) is 16.5. The van der Waals surface area contributed by atoms with Gasteiger partial charge in [0.25, 0.3) is 0 Å². The van der Waals surface area contributed by atoms with Crippen LogP contribution in [0, 0.1) is 5.92 Å². The third-order valence-corrected chi connectivity index (χ3v) is 4.43. The summed E-state index contributed by atoms with van der Waals surface area (Å²) in [5.41, 5.74) is 9.16. The fourth-order valence-corrected chi connectivity index (χ4v) is 2.86. The molecule has 2 nitrogen and oxygen atoms in total. The van der Waals surface area contributed by atoms with Crippen molar-refractivity contribution in [1.82, 2.24) is 4.90 Å². The van der Waals surface area contributed by atoms with E-state index in [0.29, 0.717) is 0 Å². The second-order valence-electron chi connectivity index (χ2n) is 7.01. The number of hydrogen-bond donors (Lipinski definition) is 1. The smallest absolute Gasteiger partial charge is 0.0424 e. The van der Waals surface area contributed by atoms with Crippen molar-refractivity contribution >= 4 is 0 Å². The molecule has 2 N–H and O–H groups in total. The predicted molar refractivity (Wildman–Crippen MR) is 91.4 cm³/mol. The molecule has 0 aliphatic heterocycles. The number of aryl methyl sites for hydroxylation is 1. The molecule has 0 heterocycles. The van der Waals surface area contributed by atoms with Crippen LogP contribution < -0.4 is 5.73 Å². The van der Waals surface area contributed by atoms with Crippen LogP contribution in [0.4, 0.5) is 0 Å². The van der Waals surface area contributed by atoms with Gasteiger partial charge in [0.15, 0.2) is 0 Å². The van der Waals surface area contributed by atoms with Crippen molar-refractivity contribution < 1.29 is 0 Å². The van der Waals surface area contributed by atoms with Gasteiger partial charge in [-0.2, -0.15) is 0 Å². The molecule has 1 aromatic carbocycles. The lowest BCUT2D eigenvalue weighted by molar-refractivity contribution is 0.233. The number of benzene rings is 1. The normalized spacial score (nSPS) is 16.7. The van der Waals surface area contributed by atoms with Gasteiger partial charge in [-0.3, -0.25) is 4.90 Å². The quantitative estimate of drug-likeness (QED) is 0.739. The van der Waals surface area contributed by atoms with Gasteiger partial charge in [0, 0.05) is 18.6 Å². The maximum atomic E-state index is 6.45. The van der Waals surface area contributed by atoms with Crippen molar-refractivity contribution in [2.75, 3.05) is 13.1 Å². The molecule has 118 valence electrons. The van der Waals surface area contributed by atoms with Gasteiger partial charge in [0.2, 0.25) is 0 Å². The van der Waals surface area contributed by atoms with Gasteiger partial charge in [-0.25, -0.2) is 0 Å². The van der Waals surface area contributed by atoms with Gasteiger partial charge in [0.05, 0.1) is 0 Å². The average molecular weight is 288 g/mol. The Kier molecular flexibility index (Phi) is 6.25. The Hall–Kier alpha value is -0.860. The molecule has 21 heavy (non-hydrogen) atoms. The zero-order valence-corrected chi connectivity index (χ0v) is 14.0. The van der Waals surface area contributed by atoms with E-state index < -0.39 is 0 Å². The topological polar surface area (TPSA) is 29.3 Å². The van der Waals surface area contributed by atoms with Crippen LogP contribution in [0.3, 0.4) is 0 Å². The Morgan fingerprint density at radius 3 is 2.38 bits per heavy atom. The van der Waals surface area contributed by atoms with Crippen molar-refractivity contribution in [1.29, 1.82) is 0 Å². The Labute approximate surface area is 130 Å². The van der Waals surface area contributed by atoms with E-state index in [4.69, 9.17) is 5.73 Å². The van der Waals surface area contributed by atoms with E-state index in [1.807, 2.05) is 0 Å². The van der Waals surface area contributed by atoms with E-state index in [0.717, 1.165) is 24.9 Å². The number of nitrogens with two attached hydrogens (primary N) is 1. The van der Waals surface area contributed by atoms with Gasteiger partial charge < -0.3 is 5.73 Å². The summed E-state index contributed by atoms with van der Waals surface area (Å²) in [5, 5.41) is 0. The summed E-state index contributed by atoms with van der Waals surface area (Å²) in [5.74, 6) is 0.774. The van der Waals surface area contributed by atoms with Crippen LogP contribution in [-0.2, 0) is 6.42 Å². The lowest BCUT2D eigenvalue weighted by Crippen LogP contribution is -2.35. The summed E-state index contributed by atoms with van der Waals surface area (Å²) in [6.07, 6.45) is 6.37. The molecule has 1 aliphatic carbocycles. The molecule has 1 aliphatic rings. The highest BCUT2D eigenvalue weighted by Gasteiger charge is 2.29. The van der Waals surface area contributed by atoms with Gasteiger partial charge in [-0.05, 0) is 49.3 Å². The van der Waals surface area contributed by atoms with Crippen molar-refractivity contribution in [2.45, 2.75) is 65.0 Å². The summed E-state index contributed by atoms with van der Waals surface area (Å²) >= 11 is 0. The Balaban J connectivity index is 1.89. The second kappa shape index (κ2) is 7.95. The molecular weight excluding hydrogens is 256 g/mol. The zero-order valence-electron chi connectivity index (χ0n) is 14.0. The monoisotopic (exact) mass is 288 g/mol. The number of rotatable bonds is 9. The van der Waals surface area contributed by atoms with Gasteiger partial charge in [-0.1, -0.05) is 51.5 Å². The third kappa shape index (κ3) is 5.44. The van der Waals surface area contributed by atoms with Crippen LogP contribution in [0.25, 0.3) is 0 Å². The molecule has 1 unspecified atom stereocenters. The minimum absolute atomic E-state index is 0.147. The van der Waals surface area contributed by atoms with Crippen molar-refractivity contribution in [3.8, 4) is 0 Å². The summed E-state index contributed by atoms with van der Waals surface area (Å²) in [6, 6.07) is 9.89. The van der Waals surface area contributed by atoms with E-state index in [1.54, 1.807) is 0 Å². The van der Waals surface area contributed by atoms with Gasteiger partial charge in [-0.15, -0.1) is 0 Å². The van der Waals surface area contributed by atoms with Crippen LogP contribution in [0.1, 0.15) is 63.6 Å². The van der Waals surface area contributed by atoms with Crippen LogP contribution in [-0.4, -0.2) is 24.0 Å². The second-order valence-corrected chi connectivity index (χ2v) is 7.01. The molecule has 0 aromatic heterocycles. The first-order chi connectivity index (χ1) is 10.1. The third-order valence-electron chi connectivity index (χ3n) is 4.43. The Morgan fingerprint density at radius 1 is 1.19 bits per heavy atom. The zero-order chi connectivity index (χ0) is 15.2. The summed E-state index contributed by atoms with van der Waals surface area (Å²) in [4.78, 5) is 2.62. The molecule has 1 saturated carbocycles. The molecule has 0 amide bonds. The van der Waals surface area contributed by atoms with E-state index >= 15 is 0 Å². The van der Waals surface area contributed by atoms with Gasteiger partial charge in [0.1, 0.15) is 0 Å². The lowest BCUT2D eigenvalue weighted by Gasteiger charge is -2.26. The standard InChI is InChI=1S/C19H32N2/c1-4-5-16-6-8-17(9-7-16)19(20)14-21(18-10-11-18)13-12-15(2)3/h6-9,15,18-19H,4-5,10-14,20H2,1-3H3. The summed E-state index contributed by atoms with van der Waals surface area (Å²) in [7, 11) is 0. The predicted octanol–water partition coefficient (Wildman–Crippen LogP) is 4.15. The van der Waals surface area contributed by atoms with E-state index in [9.17, 15) is 0 Å². The maximum Gasteiger partial charge on any atom is 0.0424 e. The highest BCUT2D eigenvalue weighted by atomic mass is 15.2. The number of nitrogens with zero attached hydrogens (tertiary/aromatic N) is 1. The molecule has 2 heteroatoms. The highest BCUT2D eigenvalue weighted by Crippen LogP contribution is 2.29. The van der Waals surface area contributed by atoms with Crippen molar-refractivity contribution in [3.05, 3.63) is 35.4 Å². The van der Waals surface area contributed by atoms with E-state index in [2.05, 4.69) is 49.9 Å². The molecule has 0 saturated heterocycles. The van der Waals surface area contributed by atoms with Crippen LogP contribution in [0.15, 0.2) is 24.3 Å². The molecule has 0 spiro atoms. The molecule has 0 bridgehead atoms. The molecular formula is C19H32N2. The molecule has 1 atom stereocenters. The molecule has 1 aromatic rings. The van der Waals surface area contributed by atoms with E-state index in [-0.39, 0.29) is 6.04 Å². The van der Waals surface area contributed by atoms with Crippen LogP contribution in [0.2, 0.25) is 0 Å². The first-order valence-electron chi connectivity index (χ1n) is 8.68. The van der Waals surface area contributed by atoms with Crippen molar-refractivity contribution in [3.63, 3.8) is 0 Å². The van der Waals surface area contributed by atoms with Crippen molar-refractivity contribution in [2.24, 2.45) is 11.7 Å². The minimum Gasteiger partial charge on any atom is -0.323 e. The van der Waals surface area contributed by atoms with Gasteiger partial charge >= 0.3 is 0 Å². The fourth-order valence-electron chi connectivity index (χ4n) is 2.86. The van der Waals surface area contributed by atoms with Crippen LogP contribution >= 0.6 is 0 Å². The maximum absolute atomic E-state index is 6.45. The highest BCUT2D eigenvalue weighted by molar-refractivity contribution is 5.25.